The minimum Gasteiger partial charge on any atom is -0.462 e. The van der Waals surface area contributed by atoms with Crippen LogP contribution in [-0.2, 0) is 32.7 Å². The van der Waals surface area contributed by atoms with Crippen molar-refractivity contribution in [2.24, 2.45) is 5.73 Å². The van der Waals surface area contributed by atoms with Crippen LogP contribution in [-0.4, -0.2) is 49.3 Å². The van der Waals surface area contributed by atoms with Gasteiger partial charge in [0.1, 0.15) is 6.61 Å². The maximum Gasteiger partial charge on any atom is 0.472 e. The molecule has 2 atom stereocenters. The Hall–Kier alpha value is -4.11. The Kier molecular flexibility index (Phi) is 61.7. The second-order valence-electron chi connectivity index (χ2n) is 20.9. The first-order valence-corrected chi connectivity index (χ1v) is 33.8. The van der Waals surface area contributed by atoms with Gasteiger partial charge in [0.15, 0.2) is 6.10 Å². The van der Waals surface area contributed by atoms with Crippen LogP contribution in [0.1, 0.15) is 258 Å². The average Bonchev–Trinajstić information content (AvgIpc) is 3.46. The molecule has 0 aliphatic heterocycles. The van der Waals surface area contributed by atoms with Crippen LogP contribution in [0.15, 0.2) is 146 Å². The standard InChI is InChI=1S/C71H118NO8P/c1-3-5-7-9-11-13-15-17-19-21-23-25-26-27-28-29-30-31-32-33-34-35-36-37-38-39-40-41-42-44-46-48-50-52-54-56-58-60-62-64-71(74)80-69(68-79-81(75,76)78-66-65-72)67-77-70(73)63-61-59-57-55-53-51-49-47-45-43-24-22-20-18-16-14-12-10-8-6-4-2/h5,7,11,13,16-19,22-25,27-28,30-31,33-34,36-37,39-40,42,44,69H,3-4,6,8-10,12,14-15,20-21,26,29,32,35,38,41,43,45-68,72H2,1-2H3,(H,75,76)/b7-5-,13-11-,18-16-,19-17-,24-22-,25-23-,28-27-,31-30-,34-33-,37-36-,40-39-,44-42-. The molecule has 0 rings (SSSR count). The second-order valence-corrected chi connectivity index (χ2v) is 22.3. The Bertz CT molecular complexity index is 1830. The quantitative estimate of drug-likeness (QED) is 0.0264. The lowest BCUT2D eigenvalue weighted by Crippen LogP contribution is -2.29. The second kappa shape index (κ2) is 65.0. The number of carbonyl (C=O) groups is 2. The first kappa shape index (κ1) is 76.9. The third-order valence-electron chi connectivity index (χ3n) is 13.2. The van der Waals surface area contributed by atoms with E-state index < -0.39 is 32.5 Å². The van der Waals surface area contributed by atoms with Gasteiger partial charge in [0.05, 0.1) is 13.2 Å². The first-order chi connectivity index (χ1) is 39.8. The number of allylic oxidation sites excluding steroid dienone is 24. The molecular formula is C71H118NO8P. The molecule has 0 amide bonds. The van der Waals surface area contributed by atoms with Gasteiger partial charge in [-0.3, -0.25) is 18.6 Å². The van der Waals surface area contributed by atoms with Crippen molar-refractivity contribution in [2.45, 2.75) is 264 Å². The van der Waals surface area contributed by atoms with E-state index in [1.807, 2.05) is 0 Å². The lowest BCUT2D eigenvalue weighted by Gasteiger charge is -2.19. The summed E-state index contributed by atoms with van der Waals surface area (Å²) in [6.07, 6.45) is 93.4. The maximum atomic E-state index is 12.7. The summed E-state index contributed by atoms with van der Waals surface area (Å²) in [7, 11) is -4.40. The Morgan fingerprint density at radius 1 is 0.383 bits per heavy atom. The van der Waals surface area contributed by atoms with E-state index in [0.717, 1.165) is 128 Å². The fourth-order valence-corrected chi connectivity index (χ4v) is 9.22. The molecule has 0 aliphatic rings. The van der Waals surface area contributed by atoms with E-state index in [1.54, 1.807) is 0 Å². The van der Waals surface area contributed by atoms with E-state index >= 15 is 0 Å². The number of unbranched alkanes of at least 4 members (excludes halogenated alkanes) is 22. The highest BCUT2D eigenvalue weighted by Gasteiger charge is 2.26. The molecule has 0 heterocycles. The lowest BCUT2D eigenvalue weighted by atomic mass is 10.1. The molecule has 2 unspecified atom stereocenters. The first-order valence-electron chi connectivity index (χ1n) is 32.3. The Balaban J connectivity index is 4.00. The van der Waals surface area contributed by atoms with E-state index in [1.165, 1.54) is 96.3 Å². The maximum absolute atomic E-state index is 12.7. The van der Waals surface area contributed by atoms with Crippen LogP contribution in [0.4, 0.5) is 0 Å². The van der Waals surface area contributed by atoms with Gasteiger partial charge in [-0.1, -0.05) is 269 Å². The fourth-order valence-electron chi connectivity index (χ4n) is 8.46. The predicted octanol–water partition coefficient (Wildman–Crippen LogP) is 21.1. The summed E-state index contributed by atoms with van der Waals surface area (Å²) in [4.78, 5) is 35.3. The summed E-state index contributed by atoms with van der Waals surface area (Å²) >= 11 is 0. The topological polar surface area (TPSA) is 134 Å². The number of esters is 2. The van der Waals surface area contributed by atoms with Gasteiger partial charge in [-0.2, -0.15) is 0 Å². The number of hydrogen-bond acceptors (Lipinski definition) is 8. The highest BCUT2D eigenvalue weighted by atomic mass is 31.2. The van der Waals surface area contributed by atoms with Gasteiger partial charge in [0.25, 0.3) is 0 Å². The third-order valence-corrected chi connectivity index (χ3v) is 14.2. The summed E-state index contributed by atoms with van der Waals surface area (Å²) in [5.41, 5.74) is 5.39. The van der Waals surface area contributed by atoms with Crippen molar-refractivity contribution >= 4 is 19.8 Å². The van der Waals surface area contributed by atoms with Gasteiger partial charge in [0.2, 0.25) is 0 Å². The van der Waals surface area contributed by atoms with E-state index in [9.17, 15) is 19.0 Å². The molecule has 0 fully saturated rings. The molecule has 0 aromatic rings. The molecule has 3 N–H and O–H groups in total. The van der Waals surface area contributed by atoms with Crippen molar-refractivity contribution in [3.63, 3.8) is 0 Å². The lowest BCUT2D eigenvalue weighted by molar-refractivity contribution is -0.161. The van der Waals surface area contributed by atoms with Crippen molar-refractivity contribution in [3.8, 4) is 0 Å². The Labute approximate surface area is 496 Å². The zero-order valence-corrected chi connectivity index (χ0v) is 52.4. The molecular weight excluding hydrogens is 1030 g/mol. The van der Waals surface area contributed by atoms with Gasteiger partial charge >= 0.3 is 19.8 Å². The largest absolute Gasteiger partial charge is 0.472 e. The number of ether oxygens (including phenoxy) is 2. The fraction of sp³-hybridized carbons (Fsp3) is 0.634. The van der Waals surface area contributed by atoms with Crippen LogP contribution in [0.2, 0.25) is 0 Å². The SMILES string of the molecule is CC/C=C\C/C=C\C/C=C\C/C=C\C/C=C\C/C=C\C/C=C\C/C=C\C/C=C\C/C=C\CCCCCCCCCCC(=O)OC(COC(=O)CCCCCCCCCCC/C=C\C/C=C\CCCCCCC)COP(=O)(O)OCCN. The molecule has 0 bridgehead atoms. The molecule has 0 saturated carbocycles. The van der Waals surface area contributed by atoms with E-state index in [4.69, 9.17) is 24.3 Å². The number of phosphoric ester groups is 1. The highest BCUT2D eigenvalue weighted by Crippen LogP contribution is 2.43. The van der Waals surface area contributed by atoms with E-state index in [-0.39, 0.29) is 32.6 Å². The molecule has 460 valence electrons. The highest BCUT2D eigenvalue weighted by molar-refractivity contribution is 7.47. The molecule has 0 aromatic heterocycles. The zero-order valence-electron chi connectivity index (χ0n) is 51.5. The molecule has 81 heavy (non-hydrogen) atoms. The van der Waals surface area contributed by atoms with Crippen molar-refractivity contribution in [1.29, 1.82) is 0 Å². The van der Waals surface area contributed by atoms with Crippen LogP contribution < -0.4 is 5.73 Å². The average molecular weight is 1140 g/mol. The summed E-state index contributed by atoms with van der Waals surface area (Å²) in [6.45, 7) is 3.60. The normalized spacial score (nSPS) is 14.0. The van der Waals surface area contributed by atoms with Crippen molar-refractivity contribution in [2.75, 3.05) is 26.4 Å². The molecule has 0 aromatic carbocycles. The zero-order chi connectivity index (χ0) is 58.7. The molecule has 9 nitrogen and oxygen atoms in total. The smallest absolute Gasteiger partial charge is 0.462 e. The van der Waals surface area contributed by atoms with E-state index in [2.05, 4.69) is 160 Å². The molecule has 0 spiro atoms. The number of rotatable bonds is 59. The molecule has 0 aliphatic carbocycles. The molecule has 0 radical (unpaired) electrons. The number of hydrogen-bond donors (Lipinski definition) is 2. The monoisotopic (exact) mass is 1140 g/mol. The predicted molar refractivity (Wildman–Crippen MR) is 348 cm³/mol. The van der Waals surface area contributed by atoms with Crippen LogP contribution in [0.5, 0.6) is 0 Å². The number of nitrogens with two attached hydrogens (primary N) is 1. The van der Waals surface area contributed by atoms with Gasteiger partial charge < -0.3 is 20.1 Å². The summed E-state index contributed by atoms with van der Waals surface area (Å²) in [5, 5.41) is 0. The Morgan fingerprint density at radius 3 is 1.01 bits per heavy atom. The van der Waals surface area contributed by atoms with Gasteiger partial charge in [-0.25, -0.2) is 4.57 Å². The van der Waals surface area contributed by atoms with Gasteiger partial charge in [-0.15, -0.1) is 0 Å². The summed E-state index contributed by atoms with van der Waals surface area (Å²) in [6, 6.07) is 0. The number of carbonyl (C=O) groups excluding carboxylic acids is 2. The van der Waals surface area contributed by atoms with Crippen LogP contribution in [0.25, 0.3) is 0 Å². The van der Waals surface area contributed by atoms with Gasteiger partial charge in [0, 0.05) is 19.4 Å². The van der Waals surface area contributed by atoms with Crippen LogP contribution in [0.3, 0.4) is 0 Å². The number of phosphoric acid groups is 1. The Morgan fingerprint density at radius 2 is 0.679 bits per heavy atom. The summed E-state index contributed by atoms with van der Waals surface area (Å²) < 4.78 is 33.1. The minimum atomic E-state index is -4.40. The van der Waals surface area contributed by atoms with Crippen molar-refractivity contribution in [1.82, 2.24) is 0 Å². The minimum absolute atomic E-state index is 0.0446. The molecule has 0 saturated heterocycles. The van der Waals surface area contributed by atoms with Crippen molar-refractivity contribution < 1.29 is 37.6 Å². The van der Waals surface area contributed by atoms with Gasteiger partial charge in [-0.05, 0) is 122 Å². The third kappa shape index (κ3) is 64.9. The van der Waals surface area contributed by atoms with E-state index in [0.29, 0.717) is 6.42 Å². The van der Waals surface area contributed by atoms with Crippen LogP contribution in [0, 0.1) is 0 Å². The van der Waals surface area contributed by atoms with Crippen LogP contribution >= 0.6 is 7.82 Å². The summed E-state index contributed by atoms with van der Waals surface area (Å²) in [5.74, 6) is -0.847. The van der Waals surface area contributed by atoms with Crippen molar-refractivity contribution in [3.05, 3.63) is 146 Å². The molecule has 10 heteroatoms.